The Kier molecular flexibility index (Phi) is 5.09. The Morgan fingerprint density at radius 2 is 1.75 bits per heavy atom. The number of nitrogens with zero attached hydrogens (tertiary/aromatic N) is 1. The highest BCUT2D eigenvalue weighted by atomic mass is 16.2. The molecule has 0 aliphatic carbocycles. The number of aryl methyl sites for hydroxylation is 2. The number of para-hydroxylation sites is 1. The molecule has 1 heterocycles. The third-order valence-electron chi connectivity index (χ3n) is 4.66. The topological polar surface area (TPSA) is 37.4 Å². The zero-order chi connectivity index (χ0) is 16.9. The highest BCUT2D eigenvalue weighted by Gasteiger charge is 2.22. The van der Waals surface area contributed by atoms with Gasteiger partial charge in [-0.05, 0) is 36.5 Å². The molecule has 2 aromatic carbocycles. The molecule has 2 aromatic rings. The van der Waals surface area contributed by atoms with Crippen LogP contribution in [0.4, 0.5) is 5.69 Å². The Morgan fingerprint density at radius 1 is 1.00 bits per heavy atom. The summed E-state index contributed by atoms with van der Waals surface area (Å²) in [5, 5.41) is 0. The summed E-state index contributed by atoms with van der Waals surface area (Å²) >= 11 is 0. The second-order valence-electron chi connectivity index (χ2n) is 6.25. The van der Waals surface area contributed by atoms with E-state index in [0.717, 1.165) is 31.5 Å². The summed E-state index contributed by atoms with van der Waals surface area (Å²) in [4.78, 5) is 26.7. The molecule has 0 saturated carbocycles. The summed E-state index contributed by atoms with van der Waals surface area (Å²) < 4.78 is 0. The van der Waals surface area contributed by atoms with Crippen molar-refractivity contribution in [2.75, 3.05) is 11.4 Å². The molecule has 0 atom stereocenters. The van der Waals surface area contributed by atoms with E-state index in [-0.39, 0.29) is 24.5 Å². The number of carbonyl (C=O) groups excluding carboxylic acids is 2. The molecule has 24 heavy (non-hydrogen) atoms. The van der Waals surface area contributed by atoms with E-state index in [4.69, 9.17) is 0 Å². The standard InChI is InChI=1S/C21H23NO2/c1-2-16-9-11-18(12-10-16)20(23)13-14-21(24)22-15-5-7-17-6-3-4-8-19(17)22/h3-4,6,8-12H,2,5,7,13-15H2,1H3. The van der Waals surface area contributed by atoms with Crippen LogP contribution in [0.25, 0.3) is 0 Å². The number of fused-ring (bicyclic) bond motifs is 1. The fourth-order valence-corrected chi connectivity index (χ4v) is 3.22. The number of ketones is 1. The summed E-state index contributed by atoms with van der Waals surface area (Å²) in [6, 6.07) is 15.7. The van der Waals surface area contributed by atoms with Crippen molar-refractivity contribution >= 4 is 17.4 Å². The molecule has 0 radical (unpaired) electrons. The molecule has 1 aliphatic rings. The van der Waals surface area contributed by atoms with E-state index in [1.807, 2.05) is 47.4 Å². The number of carbonyl (C=O) groups is 2. The predicted octanol–water partition coefficient (Wildman–Crippen LogP) is 4.19. The smallest absolute Gasteiger partial charge is 0.227 e. The average Bonchev–Trinajstić information content (AvgIpc) is 2.65. The first-order valence-corrected chi connectivity index (χ1v) is 8.69. The van der Waals surface area contributed by atoms with E-state index < -0.39 is 0 Å². The van der Waals surface area contributed by atoms with Gasteiger partial charge in [-0.2, -0.15) is 0 Å². The van der Waals surface area contributed by atoms with Gasteiger partial charge in [0.25, 0.3) is 0 Å². The van der Waals surface area contributed by atoms with Crippen LogP contribution in [0.3, 0.4) is 0 Å². The van der Waals surface area contributed by atoms with Gasteiger partial charge in [-0.25, -0.2) is 0 Å². The lowest BCUT2D eigenvalue weighted by atomic mass is 10.0. The van der Waals surface area contributed by atoms with Gasteiger partial charge >= 0.3 is 0 Å². The summed E-state index contributed by atoms with van der Waals surface area (Å²) in [6.07, 6.45) is 3.49. The van der Waals surface area contributed by atoms with Crippen LogP contribution in [0.5, 0.6) is 0 Å². The van der Waals surface area contributed by atoms with Crippen molar-refractivity contribution in [1.82, 2.24) is 0 Å². The molecule has 0 aromatic heterocycles. The normalized spacial score (nSPS) is 13.5. The number of hydrogen-bond donors (Lipinski definition) is 0. The SMILES string of the molecule is CCc1ccc(C(=O)CCC(=O)N2CCCc3ccccc32)cc1. The molecule has 0 N–H and O–H groups in total. The minimum Gasteiger partial charge on any atom is -0.312 e. The number of anilines is 1. The van der Waals surface area contributed by atoms with E-state index in [1.54, 1.807) is 0 Å². The van der Waals surface area contributed by atoms with E-state index in [0.29, 0.717) is 5.56 Å². The number of hydrogen-bond acceptors (Lipinski definition) is 2. The molecule has 3 rings (SSSR count). The van der Waals surface area contributed by atoms with Crippen LogP contribution < -0.4 is 4.90 Å². The molecule has 0 saturated heterocycles. The van der Waals surface area contributed by atoms with Crippen LogP contribution in [0.2, 0.25) is 0 Å². The Balaban J connectivity index is 1.62. The predicted molar refractivity (Wildman–Crippen MR) is 96.5 cm³/mol. The second kappa shape index (κ2) is 7.43. The molecule has 124 valence electrons. The van der Waals surface area contributed by atoms with Gasteiger partial charge in [0, 0.05) is 30.6 Å². The minimum absolute atomic E-state index is 0.0382. The minimum atomic E-state index is 0.0382. The highest BCUT2D eigenvalue weighted by Crippen LogP contribution is 2.27. The molecule has 3 heteroatoms. The van der Waals surface area contributed by atoms with E-state index in [9.17, 15) is 9.59 Å². The second-order valence-corrected chi connectivity index (χ2v) is 6.25. The Hall–Kier alpha value is -2.42. The van der Waals surface area contributed by atoms with Crippen molar-refractivity contribution in [3.8, 4) is 0 Å². The van der Waals surface area contributed by atoms with Gasteiger partial charge in [-0.3, -0.25) is 9.59 Å². The maximum absolute atomic E-state index is 12.6. The van der Waals surface area contributed by atoms with E-state index in [1.165, 1.54) is 11.1 Å². The average molecular weight is 321 g/mol. The van der Waals surface area contributed by atoms with Gasteiger partial charge < -0.3 is 4.90 Å². The largest absolute Gasteiger partial charge is 0.312 e. The van der Waals surface area contributed by atoms with Crippen molar-refractivity contribution in [3.63, 3.8) is 0 Å². The van der Waals surface area contributed by atoms with Gasteiger partial charge in [-0.15, -0.1) is 0 Å². The fourth-order valence-electron chi connectivity index (χ4n) is 3.22. The molecule has 1 aliphatic heterocycles. The zero-order valence-corrected chi connectivity index (χ0v) is 14.1. The molecular formula is C21H23NO2. The van der Waals surface area contributed by atoms with Crippen LogP contribution >= 0.6 is 0 Å². The number of benzene rings is 2. The number of Topliss-reactive ketones (excluding diaryl/α,β-unsaturated/α-hetero) is 1. The molecule has 0 fully saturated rings. The highest BCUT2D eigenvalue weighted by molar-refractivity contribution is 6.01. The van der Waals surface area contributed by atoms with Gasteiger partial charge in [0.1, 0.15) is 0 Å². The van der Waals surface area contributed by atoms with Gasteiger partial charge in [-0.1, -0.05) is 49.4 Å². The summed E-state index contributed by atoms with van der Waals surface area (Å²) in [6.45, 7) is 2.83. The maximum Gasteiger partial charge on any atom is 0.227 e. The van der Waals surface area contributed by atoms with Gasteiger partial charge in [0.2, 0.25) is 5.91 Å². The van der Waals surface area contributed by atoms with E-state index in [2.05, 4.69) is 13.0 Å². The van der Waals surface area contributed by atoms with Crippen molar-refractivity contribution in [3.05, 3.63) is 65.2 Å². The summed E-state index contributed by atoms with van der Waals surface area (Å²) in [7, 11) is 0. The van der Waals surface area contributed by atoms with Gasteiger partial charge in [0.15, 0.2) is 5.78 Å². The third kappa shape index (κ3) is 3.56. The monoisotopic (exact) mass is 321 g/mol. The number of rotatable bonds is 5. The summed E-state index contributed by atoms with van der Waals surface area (Å²) in [5.74, 6) is 0.0805. The molecule has 1 amide bonds. The quantitative estimate of drug-likeness (QED) is 0.774. The van der Waals surface area contributed by atoms with Crippen LogP contribution in [-0.4, -0.2) is 18.2 Å². The first kappa shape index (κ1) is 16.4. The molecular weight excluding hydrogens is 298 g/mol. The Bertz CT molecular complexity index is 734. The van der Waals surface area contributed by atoms with E-state index >= 15 is 0 Å². The van der Waals surface area contributed by atoms with Gasteiger partial charge in [0.05, 0.1) is 0 Å². The number of amides is 1. The van der Waals surface area contributed by atoms with Crippen LogP contribution in [0, 0.1) is 0 Å². The lowest BCUT2D eigenvalue weighted by Gasteiger charge is -2.29. The van der Waals surface area contributed by atoms with Crippen LogP contribution in [0.15, 0.2) is 48.5 Å². The molecule has 0 unspecified atom stereocenters. The maximum atomic E-state index is 12.6. The molecule has 3 nitrogen and oxygen atoms in total. The van der Waals surface area contributed by atoms with Crippen molar-refractivity contribution < 1.29 is 9.59 Å². The van der Waals surface area contributed by atoms with Crippen LogP contribution in [-0.2, 0) is 17.6 Å². The molecule has 0 bridgehead atoms. The first-order valence-electron chi connectivity index (χ1n) is 8.69. The van der Waals surface area contributed by atoms with Crippen molar-refractivity contribution in [2.24, 2.45) is 0 Å². The van der Waals surface area contributed by atoms with Crippen LogP contribution in [0.1, 0.15) is 47.7 Å². The summed E-state index contributed by atoms with van der Waals surface area (Å²) in [5.41, 5.74) is 4.14. The third-order valence-corrected chi connectivity index (χ3v) is 4.66. The molecule has 0 spiro atoms. The Morgan fingerprint density at radius 3 is 2.50 bits per heavy atom. The zero-order valence-electron chi connectivity index (χ0n) is 14.1. The van der Waals surface area contributed by atoms with Crippen molar-refractivity contribution in [1.29, 1.82) is 0 Å². The Labute approximate surface area is 143 Å². The lowest BCUT2D eigenvalue weighted by molar-refractivity contribution is -0.118. The lowest BCUT2D eigenvalue weighted by Crippen LogP contribution is -2.35. The fraction of sp³-hybridized carbons (Fsp3) is 0.333. The van der Waals surface area contributed by atoms with Crippen molar-refractivity contribution in [2.45, 2.75) is 39.0 Å². The first-order chi connectivity index (χ1) is 11.7.